The van der Waals surface area contributed by atoms with Crippen molar-refractivity contribution in [3.05, 3.63) is 92.1 Å². The molecule has 0 N–H and O–H groups in total. The van der Waals surface area contributed by atoms with Crippen LogP contribution in [0.3, 0.4) is 0 Å². The van der Waals surface area contributed by atoms with E-state index >= 15 is 0 Å². The van der Waals surface area contributed by atoms with E-state index in [1.807, 2.05) is 0 Å². The van der Waals surface area contributed by atoms with Gasteiger partial charge in [-0.15, -0.1) is 0 Å². The number of carbonyl (C=O) groups is 5. The first-order valence-corrected chi connectivity index (χ1v) is 18.8. The van der Waals surface area contributed by atoms with Crippen LogP contribution in [0.2, 0.25) is 0 Å². The van der Waals surface area contributed by atoms with Crippen molar-refractivity contribution in [2.45, 2.75) is 59.3 Å². The Balaban J connectivity index is 0.00000100. The van der Waals surface area contributed by atoms with Crippen molar-refractivity contribution in [2.75, 3.05) is 68.8 Å². The van der Waals surface area contributed by atoms with Crippen molar-refractivity contribution in [1.29, 1.82) is 0 Å². The van der Waals surface area contributed by atoms with Gasteiger partial charge in [0.1, 0.15) is 13.2 Å². The van der Waals surface area contributed by atoms with Crippen LogP contribution in [0.1, 0.15) is 57.6 Å². The number of rotatable bonds is 25. The van der Waals surface area contributed by atoms with Crippen LogP contribution < -0.4 is 18.9 Å². The zero-order chi connectivity index (χ0) is 48.1. The summed E-state index contributed by atoms with van der Waals surface area (Å²) in [4.78, 5) is 76.6. The summed E-state index contributed by atoms with van der Waals surface area (Å²) in [5.74, 6) is -1.53. The van der Waals surface area contributed by atoms with Crippen molar-refractivity contribution >= 4 is 41.2 Å². The van der Waals surface area contributed by atoms with E-state index in [-0.39, 0.29) is 91.0 Å². The Morgan fingerprint density at radius 2 is 0.968 bits per heavy atom. The van der Waals surface area contributed by atoms with Gasteiger partial charge in [0, 0.05) is 47.8 Å². The van der Waals surface area contributed by atoms with E-state index in [0.29, 0.717) is 54.9 Å². The summed E-state index contributed by atoms with van der Waals surface area (Å²) in [6, 6.07) is 5.69. The van der Waals surface area contributed by atoms with Crippen LogP contribution in [-0.2, 0) is 65.2 Å². The normalized spacial score (nSPS) is 9.90. The van der Waals surface area contributed by atoms with Crippen LogP contribution in [0.5, 0.6) is 23.0 Å². The minimum absolute atomic E-state index is 0.0554. The third kappa shape index (κ3) is 22.5. The smallest absolute Gasteiger partial charge is 0.340 e. The lowest BCUT2D eigenvalue weighted by molar-refractivity contribution is -0.385. The second-order valence-corrected chi connectivity index (χ2v) is 12.8. The van der Waals surface area contributed by atoms with Crippen molar-refractivity contribution < 1.29 is 81.2 Å². The minimum Gasteiger partial charge on any atom is -0.493 e. The number of aryl methyl sites for hydroxylation is 2. The Morgan fingerprint density at radius 1 is 0.571 bits per heavy atom. The highest BCUT2D eigenvalue weighted by molar-refractivity contribution is 6.00. The molecule has 348 valence electrons. The average Bonchev–Trinajstić information content (AvgIpc) is 3.24. The highest BCUT2D eigenvalue weighted by Gasteiger charge is 2.22. The lowest BCUT2D eigenvalue weighted by Gasteiger charge is -2.13. The maximum Gasteiger partial charge on any atom is 0.340 e. The maximum absolute atomic E-state index is 11.4. The predicted molar refractivity (Wildman–Crippen MR) is 225 cm³/mol. The number of nitro groups is 2. The molecule has 63 heavy (non-hydrogen) atoms. The van der Waals surface area contributed by atoms with Crippen LogP contribution in [0, 0.1) is 20.2 Å². The van der Waals surface area contributed by atoms with E-state index < -0.39 is 27.8 Å². The van der Waals surface area contributed by atoms with Gasteiger partial charge in [-0.25, -0.2) is 14.4 Å². The van der Waals surface area contributed by atoms with Crippen LogP contribution in [-0.4, -0.2) is 108 Å². The van der Waals surface area contributed by atoms with E-state index in [1.165, 1.54) is 74.5 Å². The van der Waals surface area contributed by atoms with E-state index in [9.17, 15) is 44.2 Å². The van der Waals surface area contributed by atoms with Crippen molar-refractivity contribution in [2.24, 2.45) is 0 Å². The molecule has 2 aromatic carbocycles. The molecule has 0 saturated heterocycles. The number of hydrogen-bond acceptors (Lipinski definition) is 19. The van der Waals surface area contributed by atoms with Crippen LogP contribution in [0.4, 0.5) is 11.4 Å². The third-order valence-corrected chi connectivity index (χ3v) is 7.77. The molecule has 0 aliphatic rings. The topological polar surface area (TPSA) is 264 Å². The Morgan fingerprint density at radius 3 is 1.30 bits per heavy atom. The fraction of sp³-hybridized carbons (Fsp3) is 0.452. The summed E-state index contributed by atoms with van der Waals surface area (Å²) in [7, 11) is 7.00. The van der Waals surface area contributed by atoms with Crippen LogP contribution in [0.15, 0.2) is 60.7 Å². The maximum atomic E-state index is 11.4. The predicted octanol–water partition coefficient (Wildman–Crippen LogP) is 5.90. The van der Waals surface area contributed by atoms with Gasteiger partial charge in [0.15, 0.2) is 29.8 Å². The average molecular weight is 893 g/mol. The van der Waals surface area contributed by atoms with Gasteiger partial charge in [-0.05, 0) is 58.6 Å². The zero-order valence-corrected chi connectivity index (χ0v) is 36.9. The van der Waals surface area contributed by atoms with Crippen molar-refractivity contribution in [1.82, 2.24) is 0 Å². The fourth-order valence-corrected chi connectivity index (χ4v) is 4.50. The molecule has 0 atom stereocenters. The Labute approximate surface area is 365 Å². The van der Waals surface area contributed by atoms with Gasteiger partial charge in [-0.2, -0.15) is 0 Å². The molecule has 2 rings (SSSR count). The van der Waals surface area contributed by atoms with Crippen molar-refractivity contribution in [3.63, 3.8) is 0 Å². The molecule has 0 radical (unpaired) electrons. The molecule has 2 aromatic rings. The molecule has 21 heteroatoms. The molecule has 0 amide bonds. The summed E-state index contributed by atoms with van der Waals surface area (Å²) >= 11 is 0. The molecule has 0 bridgehead atoms. The molecule has 0 fully saturated rings. The van der Waals surface area contributed by atoms with Gasteiger partial charge >= 0.3 is 29.8 Å². The van der Waals surface area contributed by atoms with Gasteiger partial charge in [0.25, 0.3) is 11.4 Å². The molecular weight excluding hydrogens is 836 g/mol. The largest absolute Gasteiger partial charge is 0.493 e. The molecular formula is C42H56N2O19. The minimum atomic E-state index is -0.710. The molecule has 0 spiro atoms. The summed E-state index contributed by atoms with van der Waals surface area (Å²) in [6.45, 7) is 15.0. The Kier molecular flexibility index (Phi) is 27.7. The number of nitro benzene ring substituents is 2. The van der Waals surface area contributed by atoms with Gasteiger partial charge < -0.3 is 47.4 Å². The van der Waals surface area contributed by atoms with Gasteiger partial charge in [0.2, 0.25) is 0 Å². The van der Waals surface area contributed by atoms with Crippen LogP contribution in [0.25, 0.3) is 0 Å². The van der Waals surface area contributed by atoms with Gasteiger partial charge in [0.05, 0.1) is 63.6 Å². The van der Waals surface area contributed by atoms with E-state index in [4.69, 9.17) is 33.2 Å². The molecule has 0 aliphatic carbocycles. The zero-order valence-electron chi connectivity index (χ0n) is 36.9. The van der Waals surface area contributed by atoms with E-state index in [2.05, 4.69) is 33.9 Å². The number of nitrogens with zero attached hydrogens (tertiary/aromatic N) is 2. The van der Waals surface area contributed by atoms with E-state index in [0.717, 1.165) is 0 Å². The number of hydrogen-bond donors (Lipinski definition) is 0. The Hall–Kier alpha value is -6.87. The first kappa shape index (κ1) is 56.1. The van der Waals surface area contributed by atoms with Crippen LogP contribution >= 0.6 is 0 Å². The number of ether oxygens (including phenoxy) is 10. The highest BCUT2D eigenvalue weighted by Crippen LogP contribution is 2.36. The number of methoxy groups -OCH3 is 5. The monoisotopic (exact) mass is 892 g/mol. The first-order valence-electron chi connectivity index (χ1n) is 18.8. The SMILES string of the molecule is C=C(C)C(=O)OC(=O)C(=C)C.C=C(C)C(=O)OCOCCOc1cc([N+](=O)[O-])c(CCCC(=O)OC)cc1OC.COCCOc1cc([N+](=O)[O-])c(CCCC(=O)OC)cc1OC. The highest BCUT2D eigenvalue weighted by atomic mass is 16.7. The number of benzene rings is 2. The third-order valence-electron chi connectivity index (χ3n) is 7.77. The molecule has 0 unspecified atom stereocenters. The molecule has 0 aromatic heterocycles. The standard InChI is InChI=1S/C19H25NO9.C15H21NO7.C8H10O3/c1-13(2)19(22)29-12-27-8-9-28-17-11-15(20(23)24)14(10-16(17)25-3)6-5-7-18(21)26-4;1-20-7-8-23-14-10-12(16(18)19)11(9-13(14)21-2)5-4-6-15(17)22-3;1-5(2)7(9)11-8(10)6(3)4/h10-11H,1,5-9,12H2,2-4H3;9-10H,4-8H2,1-3H3;1,3H2,2,4H3. The second-order valence-electron chi connectivity index (χ2n) is 12.8. The van der Waals surface area contributed by atoms with E-state index in [1.54, 1.807) is 6.07 Å². The van der Waals surface area contributed by atoms with Gasteiger partial charge in [-0.3, -0.25) is 29.8 Å². The first-order chi connectivity index (χ1) is 29.8. The number of carbonyl (C=O) groups excluding carboxylic acids is 5. The number of esters is 5. The summed E-state index contributed by atoms with van der Waals surface area (Å²) in [5.41, 5.74) is 1.35. The summed E-state index contributed by atoms with van der Waals surface area (Å²) < 4.78 is 49.6. The molecule has 21 nitrogen and oxygen atoms in total. The lowest BCUT2D eigenvalue weighted by atomic mass is 10.1. The second kappa shape index (κ2) is 31.0. The van der Waals surface area contributed by atoms with Gasteiger partial charge in [-0.1, -0.05) is 19.7 Å². The van der Waals surface area contributed by atoms with Crippen molar-refractivity contribution in [3.8, 4) is 23.0 Å². The molecule has 0 saturated carbocycles. The molecule has 0 heterocycles. The lowest BCUT2D eigenvalue weighted by Crippen LogP contribution is -2.13. The molecule has 0 aliphatic heterocycles. The summed E-state index contributed by atoms with van der Waals surface area (Å²) in [5, 5.41) is 22.6. The summed E-state index contributed by atoms with van der Waals surface area (Å²) in [6.07, 6.45) is 1.86. The quantitative estimate of drug-likeness (QED) is 0.0164. The fourth-order valence-electron chi connectivity index (χ4n) is 4.50. The Bertz CT molecular complexity index is 1900.